The molecule has 1 heterocycles. The van der Waals surface area contributed by atoms with E-state index < -0.39 is 50.4 Å². The lowest BCUT2D eigenvalue weighted by Crippen LogP contribution is -2.58. The second-order valence-corrected chi connectivity index (χ2v) is 21.7. The Labute approximate surface area is 326 Å². The van der Waals surface area contributed by atoms with Crippen molar-refractivity contribution in [2.75, 3.05) is 13.7 Å². The fraction of sp³-hybridized carbons (Fsp3) is 0.553. The number of methoxy groups -OCH3 is 1. The molecule has 3 aromatic rings. The zero-order valence-electron chi connectivity index (χ0n) is 32.5. The summed E-state index contributed by atoms with van der Waals surface area (Å²) in [4.78, 5) is 42.2. The molecule has 0 spiro atoms. The number of benzene rings is 3. The van der Waals surface area contributed by atoms with Crippen molar-refractivity contribution in [1.82, 2.24) is 0 Å². The van der Waals surface area contributed by atoms with E-state index in [0.29, 0.717) is 35.0 Å². The fourth-order valence-electron chi connectivity index (χ4n) is 13.6. The van der Waals surface area contributed by atoms with Crippen LogP contribution in [0.4, 0.5) is 0 Å². The Morgan fingerprint density at radius 2 is 1.13 bits per heavy atom. The van der Waals surface area contributed by atoms with Crippen molar-refractivity contribution in [3.8, 4) is 16.9 Å². The first-order valence-electron chi connectivity index (χ1n) is 21.1. The van der Waals surface area contributed by atoms with Gasteiger partial charge in [0.2, 0.25) is 0 Å². The summed E-state index contributed by atoms with van der Waals surface area (Å²) in [6, 6.07) is 23.3. The quantitative estimate of drug-likeness (QED) is 0.104. The van der Waals surface area contributed by atoms with Gasteiger partial charge >= 0.3 is 17.9 Å². The average Bonchev–Trinajstić information content (AvgIpc) is 3.51. The van der Waals surface area contributed by atoms with E-state index in [2.05, 4.69) is 74.5 Å². The van der Waals surface area contributed by atoms with Crippen molar-refractivity contribution >= 4 is 42.3 Å². The Bertz CT molecular complexity index is 1930. The van der Waals surface area contributed by atoms with Crippen LogP contribution in [0.3, 0.4) is 0 Å². The third kappa shape index (κ3) is 5.90. The van der Waals surface area contributed by atoms with Crippen LogP contribution in [-0.4, -0.2) is 51.6 Å². The predicted octanol–water partition coefficient (Wildman–Crippen LogP) is 6.46. The maximum absolute atomic E-state index is 14.4. The van der Waals surface area contributed by atoms with Crippen LogP contribution in [0.25, 0.3) is 11.1 Å². The average molecular weight is 759 g/mol. The highest BCUT2D eigenvalue weighted by Gasteiger charge is 2.58. The highest BCUT2D eigenvalue weighted by atomic mass is 28.3. The zero-order valence-corrected chi connectivity index (χ0v) is 33.6. The van der Waals surface area contributed by atoms with E-state index in [4.69, 9.17) is 18.9 Å². The lowest BCUT2D eigenvalue weighted by Gasteiger charge is -2.59. The van der Waals surface area contributed by atoms with Gasteiger partial charge in [0.1, 0.15) is 25.7 Å². The first-order valence-corrected chi connectivity index (χ1v) is 22.8. The largest absolute Gasteiger partial charge is 0.496 e. The molecule has 8 aliphatic carbocycles. The lowest BCUT2D eigenvalue weighted by atomic mass is 9.50. The first-order chi connectivity index (χ1) is 26.6. The minimum absolute atomic E-state index is 0.195. The summed E-state index contributed by atoms with van der Waals surface area (Å²) in [6.07, 6.45) is 11.3. The van der Waals surface area contributed by atoms with Crippen molar-refractivity contribution in [3.05, 3.63) is 72.3 Å². The highest BCUT2D eigenvalue weighted by molar-refractivity contribution is 6.99. The predicted molar refractivity (Wildman–Crippen MR) is 212 cm³/mol. The number of fused-ring (bicyclic) bond motifs is 3. The minimum atomic E-state index is -1.93. The third-order valence-corrected chi connectivity index (χ3v) is 19.2. The third-order valence-electron chi connectivity index (χ3n) is 16.0. The van der Waals surface area contributed by atoms with E-state index in [9.17, 15) is 14.4 Å². The van der Waals surface area contributed by atoms with Gasteiger partial charge in [-0.15, -0.1) is 0 Å². The van der Waals surface area contributed by atoms with Crippen molar-refractivity contribution in [1.29, 1.82) is 0 Å². The normalized spacial score (nSPS) is 35.2. The van der Waals surface area contributed by atoms with Crippen molar-refractivity contribution < 1.29 is 33.3 Å². The molecule has 3 aromatic carbocycles. The van der Waals surface area contributed by atoms with Crippen molar-refractivity contribution in [2.45, 2.75) is 102 Å². The molecule has 12 rings (SSSR count). The number of rotatable bonds is 10. The van der Waals surface area contributed by atoms with Gasteiger partial charge in [-0.25, -0.2) is 4.79 Å². The SMILES string of the molecule is COc1ccc([SiH]2c3ccccc3-c3ccccc32)cc1C(CC(=O)OC1(C)C2CC3CC(C2)CC1C3)C(=O)OCC(=O)OC1(C)C2CC3CC(C2)CC1C3. The molecule has 8 heteroatoms. The number of hydrogen-bond donors (Lipinski definition) is 0. The fourth-order valence-corrected chi connectivity index (χ4v) is 17.0. The number of ether oxygens (including phenoxy) is 4. The molecule has 1 atom stereocenters. The Morgan fingerprint density at radius 1 is 0.655 bits per heavy atom. The van der Waals surface area contributed by atoms with Gasteiger partial charge in [0.25, 0.3) is 0 Å². The van der Waals surface area contributed by atoms with E-state index in [-0.39, 0.29) is 6.42 Å². The molecule has 0 N–H and O–H groups in total. The van der Waals surface area contributed by atoms with Gasteiger partial charge in [0.05, 0.1) is 19.4 Å². The maximum Gasteiger partial charge on any atom is 0.344 e. The number of hydrogen-bond acceptors (Lipinski definition) is 7. The molecule has 0 saturated heterocycles. The van der Waals surface area contributed by atoms with Crippen LogP contribution in [0, 0.1) is 47.3 Å². The van der Waals surface area contributed by atoms with Gasteiger partial charge in [-0.3, -0.25) is 9.59 Å². The van der Waals surface area contributed by atoms with Crippen LogP contribution >= 0.6 is 0 Å². The summed E-state index contributed by atoms with van der Waals surface area (Å²) in [7, 11) is -0.339. The van der Waals surface area contributed by atoms with E-state index in [1.54, 1.807) is 7.11 Å². The molecule has 0 aromatic heterocycles. The molecule has 8 saturated carbocycles. The second-order valence-electron chi connectivity index (χ2n) is 18.9. The minimum Gasteiger partial charge on any atom is -0.496 e. The molecule has 1 unspecified atom stereocenters. The van der Waals surface area contributed by atoms with Crippen LogP contribution in [0.5, 0.6) is 5.75 Å². The molecular weight excluding hydrogens is 705 g/mol. The van der Waals surface area contributed by atoms with Gasteiger partial charge in [0, 0.05) is 5.56 Å². The molecule has 0 radical (unpaired) electrons. The summed E-state index contributed by atoms with van der Waals surface area (Å²) < 4.78 is 24.6. The summed E-state index contributed by atoms with van der Waals surface area (Å²) >= 11 is 0. The van der Waals surface area contributed by atoms with Crippen LogP contribution in [-0.2, 0) is 28.6 Å². The molecule has 7 nitrogen and oxygen atoms in total. The Kier molecular flexibility index (Phi) is 8.61. The monoisotopic (exact) mass is 758 g/mol. The van der Waals surface area contributed by atoms with E-state index >= 15 is 0 Å². The number of carbonyl (C=O) groups is 3. The van der Waals surface area contributed by atoms with Crippen LogP contribution in [0.2, 0.25) is 0 Å². The maximum atomic E-state index is 14.4. The zero-order chi connectivity index (χ0) is 37.6. The van der Waals surface area contributed by atoms with Crippen LogP contribution in [0.15, 0.2) is 66.7 Å². The van der Waals surface area contributed by atoms with Gasteiger partial charge in [-0.05, 0) is 153 Å². The molecule has 1 aliphatic heterocycles. The Morgan fingerprint density at radius 3 is 1.62 bits per heavy atom. The molecule has 55 heavy (non-hydrogen) atoms. The molecule has 288 valence electrons. The van der Waals surface area contributed by atoms with Gasteiger partial charge in [0.15, 0.2) is 6.61 Å². The number of esters is 3. The summed E-state index contributed by atoms with van der Waals surface area (Å²) in [5.74, 6) is 2.33. The second kappa shape index (κ2) is 13.3. The standard InChI is InChI=1S/C47H54O7Si/c1-46(31-16-27-14-28(18-31)19-32(46)17-27)53-43(48)25-39(45(50)52-26-44(49)54-47(2)33-20-29-15-30(22-33)23-34(47)21-29)38-24-35(12-13-40(38)51-3)55-41-10-6-4-8-36(41)37-9-5-7-11-42(37)55/h4-13,24,27-34,39,55H,14-23,25-26H2,1-3H3. The van der Waals surface area contributed by atoms with E-state index in [1.807, 2.05) is 6.07 Å². The van der Waals surface area contributed by atoms with E-state index in [1.165, 1.54) is 34.3 Å². The molecule has 0 amide bonds. The van der Waals surface area contributed by atoms with Gasteiger partial charge in [-0.2, -0.15) is 0 Å². The molecular formula is C47H54O7Si. The van der Waals surface area contributed by atoms with Gasteiger partial charge in [-0.1, -0.05) is 65.9 Å². The van der Waals surface area contributed by atoms with Crippen molar-refractivity contribution in [2.24, 2.45) is 47.3 Å². The van der Waals surface area contributed by atoms with Crippen molar-refractivity contribution in [3.63, 3.8) is 0 Å². The lowest BCUT2D eigenvalue weighted by molar-refractivity contribution is -0.207. The summed E-state index contributed by atoms with van der Waals surface area (Å²) in [5, 5.41) is 3.78. The van der Waals surface area contributed by atoms with E-state index in [0.717, 1.165) is 80.2 Å². The molecule has 8 bridgehead atoms. The Balaban J connectivity index is 0.940. The van der Waals surface area contributed by atoms with Crippen LogP contribution in [0.1, 0.15) is 96.0 Å². The van der Waals surface area contributed by atoms with Crippen LogP contribution < -0.4 is 20.3 Å². The first kappa shape index (κ1) is 35.5. The Hall–Kier alpha value is -3.91. The summed E-state index contributed by atoms with van der Waals surface area (Å²) in [6.45, 7) is 3.74. The number of carbonyl (C=O) groups excluding carboxylic acids is 3. The van der Waals surface area contributed by atoms with Gasteiger partial charge < -0.3 is 18.9 Å². The highest BCUT2D eigenvalue weighted by Crippen LogP contribution is 2.60. The smallest absolute Gasteiger partial charge is 0.344 e. The summed E-state index contributed by atoms with van der Waals surface area (Å²) in [5.41, 5.74) is 2.04. The molecule has 8 fully saturated rings. The molecule has 9 aliphatic rings. The topological polar surface area (TPSA) is 88.1 Å².